The van der Waals surface area contributed by atoms with Gasteiger partial charge in [0, 0.05) is 5.54 Å². The number of amides is 1. The molecule has 0 heterocycles. The Labute approximate surface area is 123 Å². The molecule has 0 radical (unpaired) electrons. The van der Waals surface area contributed by atoms with Gasteiger partial charge in [-0.05, 0) is 39.2 Å². The molecule has 0 aromatic heterocycles. The molecular weight excluding hydrogens is 292 g/mol. The van der Waals surface area contributed by atoms with Crippen molar-refractivity contribution < 1.29 is 26.3 Å². The largest absolute Gasteiger partial charge is 1.00 e. The first-order valence-electron chi connectivity index (χ1n) is 6.49. The third kappa shape index (κ3) is 9.66. The van der Waals surface area contributed by atoms with Crippen molar-refractivity contribution in [1.82, 2.24) is 5.32 Å². The molecular formula is C14H29BrN2O. The molecule has 0 aliphatic carbocycles. The molecule has 1 amide bonds. The lowest BCUT2D eigenvalue weighted by Crippen LogP contribution is -3.00. The third-order valence-electron chi connectivity index (χ3n) is 3.04. The van der Waals surface area contributed by atoms with Gasteiger partial charge in [0.15, 0.2) is 0 Å². The summed E-state index contributed by atoms with van der Waals surface area (Å²) in [6.45, 7) is 12.2. The van der Waals surface area contributed by atoms with Crippen LogP contribution in [0.3, 0.4) is 0 Å². The summed E-state index contributed by atoms with van der Waals surface area (Å²) in [6, 6.07) is 0. The molecule has 0 bridgehead atoms. The topological polar surface area (TPSA) is 29.1 Å². The van der Waals surface area contributed by atoms with Crippen LogP contribution in [0, 0.1) is 0 Å². The zero-order valence-corrected chi connectivity index (χ0v) is 14.1. The standard InChI is InChI=1S/C14H28N2O.BrH/c1-7-11-16(5,6)12-9-10-14(3,4)15-13(17)8-2;/h8H,2,7,9-12H2,1,3-6H3;1H. The van der Waals surface area contributed by atoms with Gasteiger partial charge >= 0.3 is 0 Å². The van der Waals surface area contributed by atoms with E-state index in [1.807, 2.05) is 0 Å². The van der Waals surface area contributed by atoms with Crippen LogP contribution in [0.5, 0.6) is 0 Å². The number of nitrogens with one attached hydrogen (secondary N) is 1. The van der Waals surface area contributed by atoms with E-state index in [-0.39, 0.29) is 28.4 Å². The van der Waals surface area contributed by atoms with Gasteiger partial charge in [0.25, 0.3) is 0 Å². The zero-order valence-electron chi connectivity index (χ0n) is 12.6. The number of hydrogen-bond donors (Lipinski definition) is 1. The van der Waals surface area contributed by atoms with E-state index >= 15 is 0 Å². The fraction of sp³-hybridized carbons (Fsp3) is 0.786. The minimum atomic E-state index is -0.141. The molecule has 0 aliphatic heterocycles. The highest BCUT2D eigenvalue weighted by atomic mass is 79.9. The van der Waals surface area contributed by atoms with Crippen LogP contribution in [0.25, 0.3) is 0 Å². The van der Waals surface area contributed by atoms with Crippen LogP contribution in [-0.4, -0.2) is 43.1 Å². The second-order valence-corrected chi connectivity index (χ2v) is 6.06. The minimum absolute atomic E-state index is 0. The molecule has 3 nitrogen and oxygen atoms in total. The summed E-state index contributed by atoms with van der Waals surface area (Å²) in [5.74, 6) is -0.0858. The SMILES string of the molecule is C=CC(=O)NC(C)(C)CCC[N+](C)(C)CCC.[Br-]. The Morgan fingerprint density at radius 2 is 1.89 bits per heavy atom. The molecule has 1 N–H and O–H groups in total. The van der Waals surface area contributed by atoms with Gasteiger partial charge in [-0.2, -0.15) is 0 Å². The molecule has 0 rings (SSSR count). The smallest absolute Gasteiger partial charge is 0.243 e. The molecule has 0 aromatic carbocycles. The van der Waals surface area contributed by atoms with Gasteiger partial charge in [0.05, 0.1) is 27.2 Å². The second-order valence-electron chi connectivity index (χ2n) is 6.06. The van der Waals surface area contributed by atoms with Crippen molar-refractivity contribution >= 4 is 5.91 Å². The van der Waals surface area contributed by atoms with E-state index in [9.17, 15) is 4.79 Å². The number of rotatable bonds is 8. The van der Waals surface area contributed by atoms with Gasteiger partial charge in [0.2, 0.25) is 5.91 Å². The van der Waals surface area contributed by atoms with Crippen molar-refractivity contribution in [2.45, 2.75) is 45.6 Å². The van der Waals surface area contributed by atoms with Gasteiger partial charge in [0.1, 0.15) is 0 Å². The number of hydrogen-bond acceptors (Lipinski definition) is 1. The van der Waals surface area contributed by atoms with Crippen LogP contribution >= 0.6 is 0 Å². The van der Waals surface area contributed by atoms with Crippen LogP contribution < -0.4 is 22.3 Å². The third-order valence-corrected chi connectivity index (χ3v) is 3.04. The summed E-state index contributed by atoms with van der Waals surface area (Å²) in [5, 5.41) is 2.96. The summed E-state index contributed by atoms with van der Waals surface area (Å²) in [7, 11) is 4.53. The summed E-state index contributed by atoms with van der Waals surface area (Å²) in [4.78, 5) is 11.3. The highest BCUT2D eigenvalue weighted by Crippen LogP contribution is 2.13. The van der Waals surface area contributed by atoms with Crippen molar-refractivity contribution in [1.29, 1.82) is 0 Å². The molecule has 0 unspecified atom stereocenters. The molecule has 0 saturated heterocycles. The van der Waals surface area contributed by atoms with Gasteiger partial charge in [-0.3, -0.25) is 4.79 Å². The van der Waals surface area contributed by atoms with Crippen LogP contribution in [0.2, 0.25) is 0 Å². The van der Waals surface area contributed by atoms with Crippen LogP contribution in [0.15, 0.2) is 12.7 Å². The summed E-state index contributed by atoms with van der Waals surface area (Å²) in [6.07, 6.45) is 4.66. The summed E-state index contributed by atoms with van der Waals surface area (Å²) < 4.78 is 1.06. The molecule has 0 spiro atoms. The lowest BCUT2D eigenvalue weighted by molar-refractivity contribution is -0.890. The van der Waals surface area contributed by atoms with Gasteiger partial charge in [-0.1, -0.05) is 13.5 Å². The van der Waals surface area contributed by atoms with E-state index in [0.29, 0.717) is 0 Å². The molecule has 0 aromatic rings. The highest BCUT2D eigenvalue weighted by Gasteiger charge is 2.21. The Bertz CT molecular complexity index is 263. The number of carbonyl (C=O) groups is 1. The van der Waals surface area contributed by atoms with Crippen molar-refractivity contribution in [3.63, 3.8) is 0 Å². The lowest BCUT2D eigenvalue weighted by atomic mass is 9.98. The van der Waals surface area contributed by atoms with E-state index in [4.69, 9.17) is 0 Å². The van der Waals surface area contributed by atoms with Crippen molar-refractivity contribution in [2.75, 3.05) is 27.2 Å². The molecule has 0 aliphatic rings. The molecule has 0 fully saturated rings. The summed E-state index contributed by atoms with van der Waals surface area (Å²) >= 11 is 0. The normalized spacial score (nSPS) is 11.6. The van der Waals surface area contributed by atoms with E-state index in [1.54, 1.807) is 0 Å². The molecule has 108 valence electrons. The van der Waals surface area contributed by atoms with Gasteiger partial charge in [-0.15, -0.1) is 0 Å². The van der Waals surface area contributed by atoms with E-state index in [2.05, 4.69) is 46.8 Å². The highest BCUT2D eigenvalue weighted by molar-refractivity contribution is 5.87. The minimum Gasteiger partial charge on any atom is -1.00 e. The number of halogens is 1. The Morgan fingerprint density at radius 1 is 1.33 bits per heavy atom. The molecule has 18 heavy (non-hydrogen) atoms. The first kappa shape index (κ1) is 20.0. The number of nitrogens with zero attached hydrogens (tertiary/aromatic N) is 1. The van der Waals surface area contributed by atoms with Crippen molar-refractivity contribution in [3.05, 3.63) is 12.7 Å². The number of carbonyl (C=O) groups excluding carboxylic acids is 1. The Hall–Kier alpha value is -0.350. The Kier molecular flexibility index (Phi) is 9.66. The predicted molar refractivity (Wildman–Crippen MR) is 73.8 cm³/mol. The average molecular weight is 321 g/mol. The monoisotopic (exact) mass is 320 g/mol. The first-order valence-corrected chi connectivity index (χ1v) is 6.49. The molecule has 4 heteroatoms. The van der Waals surface area contributed by atoms with E-state index < -0.39 is 0 Å². The first-order chi connectivity index (χ1) is 7.72. The van der Waals surface area contributed by atoms with Crippen molar-refractivity contribution in [3.8, 4) is 0 Å². The Morgan fingerprint density at radius 3 is 2.33 bits per heavy atom. The fourth-order valence-electron chi connectivity index (χ4n) is 2.11. The second kappa shape index (κ2) is 8.70. The predicted octanol–water partition coefficient (Wildman–Crippen LogP) is -0.662. The fourth-order valence-corrected chi connectivity index (χ4v) is 2.11. The zero-order chi connectivity index (χ0) is 13.5. The maximum Gasteiger partial charge on any atom is 0.243 e. The van der Waals surface area contributed by atoms with Crippen LogP contribution in [0.1, 0.15) is 40.0 Å². The Balaban J connectivity index is 0. The molecule has 0 saturated carbocycles. The van der Waals surface area contributed by atoms with E-state index in [1.165, 1.54) is 19.0 Å². The van der Waals surface area contributed by atoms with Gasteiger partial charge < -0.3 is 26.8 Å². The molecule has 0 atom stereocenters. The summed E-state index contributed by atoms with van der Waals surface area (Å²) in [5.41, 5.74) is -0.141. The maximum absolute atomic E-state index is 11.3. The average Bonchev–Trinajstić information content (AvgIpc) is 2.15. The van der Waals surface area contributed by atoms with Crippen LogP contribution in [-0.2, 0) is 4.79 Å². The van der Waals surface area contributed by atoms with E-state index in [0.717, 1.165) is 23.9 Å². The number of quaternary nitrogens is 1. The van der Waals surface area contributed by atoms with Gasteiger partial charge in [-0.25, -0.2) is 0 Å². The van der Waals surface area contributed by atoms with Crippen molar-refractivity contribution in [2.24, 2.45) is 0 Å². The van der Waals surface area contributed by atoms with Crippen LogP contribution in [0.4, 0.5) is 0 Å². The maximum atomic E-state index is 11.3. The quantitative estimate of drug-likeness (QED) is 0.467. The lowest BCUT2D eigenvalue weighted by Gasteiger charge is -2.32.